The van der Waals surface area contributed by atoms with Crippen LogP contribution in [-0.2, 0) is 19.1 Å². The molecule has 0 aromatic rings. The van der Waals surface area contributed by atoms with Crippen LogP contribution >= 0.6 is 0 Å². The molecule has 18 heavy (non-hydrogen) atoms. The summed E-state index contributed by atoms with van der Waals surface area (Å²) >= 11 is 0. The molecule has 0 saturated carbocycles. The van der Waals surface area contributed by atoms with Gasteiger partial charge < -0.3 is 29.3 Å². The number of epoxide rings is 2. The van der Waals surface area contributed by atoms with Crippen LogP contribution < -0.4 is 0 Å². The molecule has 0 aliphatic carbocycles. The molecule has 2 unspecified atom stereocenters. The zero-order valence-corrected chi connectivity index (χ0v) is 10.5. The van der Waals surface area contributed by atoms with Crippen LogP contribution in [-0.4, -0.2) is 61.4 Å². The van der Waals surface area contributed by atoms with E-state index in [4.69, 9.17) is 10.2 Å². The molecule has 106 valence electrons. The fourth-order valence-corrected chi connectivity index (χ4v) is 0.845. The Balaban J connectivity index is 0.000000250. The predicted octanol–water partition coefficient (Wildman–Crippen LogP) is -0.300. The molecule has 2 atom stereocenters. The normalized spacial score (nSPS) is 22.8. The highest BCUT2D eigenvalue weighted by Gasteiger charge is 2.20. The lowest BCUT2D eigenvalue weighted by Crippen LogP contribution is -1.85. The third kappa shape index (κ3) is 15.2. The van der Waals surface area contributed by atoms with Crippen LogP contribution in [0.2, 0.25) is 0 Å². The van der Waals surface area contributed by atoms with E-state index in [0.29, 0.717) is 13.2 Å². The van der Waals surface area contributed by atoms with Crippen molar-refractivity contribution in [2.75, 3.05) is 26.4 Å². The van der Waals surface area contributed by atoms with E-state index in [2.05, 4.69) is 9.47 Å². The predicted molar refractivity (Wildman–Crippen MR) is 64.2 cm³/mol. The first-order valence-electron chi connectivity index (χ1n) is 6.14. The molecular formula is C12H22O6. The molecule has 0 spiro atoms. The average molecular weight is 262 g/mol. The number of aldehydes is 2. The van der Waals surface area contributed by atoms with Crippen molar-refractivity contribution in [1.29, 1.82) is 0 Å². The van der Waals surface area contributed by atoms with E-state index in [1.807, 2.05) is 0 Å². The van der Waals surface area contributed by atoms with Crippen molar-refractivity contribution in [2.45, 2.75) is 37.9 Å². The highest BCUT2D eigenvalue weighted by Crippen LogP contribution is 2.02. The van der Waals surface area contributed by atoms with Crippen molar-refractivity contribution in [3.05, 3.63) is 0 Å². The van der Waals surface area contributed by atoms with Gasteiger partial charge in [0, 0.05) is 13.2 Å². The fourth-order valence-electron chi connectivity index (χ4n) is 0.845. The first-order chi connectivity index (χ1) is 8.78. The molecule has 0 radical (unpaired) electrons. The largest absolute Gasteiger partial charge is 0.396 e. The van der Waals surface area contributed by atoms with E-state index in [-0.39, 0.29) is 25.4 Å². The summed E-state index contributed by atoms with van der Waals surface area (Å²) in [5.74, 6) is 0. The number of unbranched alkanes of at least 4 members (excludes halogenated alkanes) is 3. The Morgan fingerprint density at radius 3 is 1.28 bits per heavy atom. The van der Waals surface area contributed by atoms with Gasteiger partial charge in [-0.2, -0.15) is 0 Å². The number of ether oxygens (including phenoxy) is 2. The third-order valence-corrected chi connectivity index (χ3v) is 2.09. The summed E-state index contributed by atoms with van der Waals surface area (Å²) in [4.78, 5) is 18.9. The summed E-state index contributed by atoms with van der Waals surface area (Å²) < 4.78 is 8.98. The minimum absolute atomic E-state index is 0.0463. The molecule has 0 aromatic heterocycles. The van der Waals surface area contributed by atoms with Crippen molar-refractivity contribution in [3.63, 3.8) is 0 Å². The minimum Gasteiger partial charge on any atom is -0.396 e. The smallest absolute Gasteiger partial charge is 0.151 e. The van der Waals surface area contributed by atoms with Crippen molar-refractivity contribution in [1.82, 2.24) is 0 Å². The quantitative estimate of drug-likeness (QED) is 0.371. The van der Waals surface area contributed by atoms with Gasteiger partial charge >= 0.3 is 0 Å². The molecule has 2 N–H and O–H groups in total. The van der Waals surface area contributed by atoms with Gasteiger partial charge in [0.05, 0.1) is 13.2 Å². The van der Waals surface area contributed by atoms with Gasteiger partial charge in [0.2, 0.25) is 0 Å². The van der Waals surface area contributed by atoms with E-state index >= 15 is 0 Å². The lowest BCUT2D eigenvalue weighted by Gasteiger charge is -1.93. The molecule has 0 amide bonds. The van der Waals surface area contributed by atoms with Crippen LogP contribution in [0.4, 0.5) is 0 Å². The van der Waals surface area contributed by atoms with E-state index in [9.17, 15) is 9.59 Å². The molecular weight excluding hydrogens is 240 g/mol. The average Bonchev–Trinajstić information content (AvgIpc) is 3.29. The van der Waals surface area contributed by atoms with E-state index in [0.717, 1.165) is 38.3 Å². The number of carbonyl (C=O) groups is 2. The number of aliphatic hydroxyl groups excluding tert-OH is 2. The maximum absolute atomic E-state index is 9.44. The molecule has 6 nitrogen and oxygen atoms in total. The second-order valence-electron chi connectivity index (χ2n) is 3.88. The van der Waals surface area contributed by atoms with Gasteiger partial charge in [-0.1, -0.05) is 12.8 Å². The van der Waals surface area contributed by atoms with Gasteiger partial charge in [0.1, 0.15) is 12.2 Å². The number of aliphatic hydroxyl groups is 2. The first kappa shape index (κ1) is 17.2. The Morgan fingerprint density at radius 2 is 1.17 bits per heavy atom. The Labute approximate surface area is 107 Å². The molecule has 2 saturated heterocycles. The Kier molecular flexibility index (Phi) is 12.1. The van der Waals surface area contributed by atoms with Crippen LogP contribution in [0.3, 0.4) is 0 Å². The summed E-state index contributed by atoms with van der Waals surface area (Å²) in [6.07, 6.45) is 5.35. The molecule has 0 aromatic carbocycles. The molecule has 2 aliphatic heterocycles. The first-order valence-corrected chi connectivity index (χ1v) is 6.14. The second kappa shape index (κ2) is 12.6. The Morgan fingerprint density at radius 1 is 0.833 bits per heavy atom. The Bertz CT molecular complexity index is 179. The minimum atomic E-state index is -0.0463. The summed E-state index contributed by atoms with van der Waals surface area (Å²) in [5.41, 5.74) is 0. The van der Waals surface area contributed by atoms with Gasteiger partial charge in [0.25, 0.3) is 0 Å². The van der Waals surface area contributed by atoms with Gasteiger partial charge in [-0.3, -0.25) is 0 Å². The molecule has 2 rings (SSSR count). The van der Waals surface area contributed by atoms with Gasteiger partial charge in [-0.25, -0.2) is 0 Å². The van der Waals surface area contributed by atoms with Crippen LogP contribution in [0.5, 0.6) is 0 Å². The Hall–Kier alpha value is -0.820. The second-order valence-corrected chi connectivity index (χ2v) is 3.88. The molecule has 6 heteroatoms. The van der Waals surface area contributed by atoms with Crippen molar-refractivity contribution >= 4 is 12.6 Å². The maximum atomic E-state index is 9.44. The topological polar surface area (TPSA) is 99.7 Å². The van der Waals surface area contributed by atoms with Gasteiger partial charge in [-0.15, -0.1) is 0 Å². The van der Waals surface area contributed by atoms with Crippen LogP contribution in [0, 0.1) is 0 Å². The van der Waals surface area contributed by atoms with Crippen LogP contribution in [0.15, 0.2) is 0 Å². The van der Waals surface area contributed by atoms with E-state index < -0.39 is 0 Å². The molecule has 2 heterocycles. The fraction of sp³-hybridized carbons (Fsp3) is 0.833. The van der Waals surface area contributed by atoms with E-state index in [1.54, 1.807) is 0 Å². The molecule has 2 fully saturated rings. The van der Waals surface area contributed by atoms with E-state index in [1.165, 1.54) is 0 Å². The monoisotopic (exact) mass is 262 g/mol. The van der Waals surface area contributed by atoms with Crippen LogP contribution in [0.25, 0.3) is 0 Å². The van der Waals surface area contributed by atoms with Crippen molar-refractivity contribution in [3.8, 4) is 0 Å². The van der Waals surface area contributed by atoms with Gasteiger partial charge in [-0.05, 0) is 12.8 Å². The number of hydrogen-bond donors (Lipinski definition) is 2. The molecule has 2 aliphatic rings. The summed E-state index contributed by atoms with van der Waals surface area (Å²) in [7, 11) is 0. The van der Waals surface area contributed by atoms with Crippen molar-refractivity contribution < 1.29 is 29.3 Å². The summed E-state index contributed by atoms with van der Waals surface area (Å²) in [5, 5.41) is 16.6. The number of carbonyl (C=O) groups excluding carboxylic acids is 2. The van der Waals surface area contributed by atoms with Gasteiger partial charge in [0.15, 0.2) is 12.6 Å². The van der Waals surface area contributed by atoms with Crippen LogP contribution in [0.1, 0.15) is 25.7 Å². The number of rotatable bonds is 7. The lowest BCUT2D eigenvalue weighted by molar-refractivity contribution is -0.109. The maximum Gasteiger partial charge on any atom is 0.151 e. The SMILES string of the molecule is O=CC1CO1.O=CC1CO1.OCCCCCCO. The summed E-state index contributed by atoms with van der Waals surface area (Å²) in [6, 6.07) is 0. The summed E-state index contributed by atoms with van der Waals surface area (Å²) in [6.45, 7) is 1.85. The molecule has 0 bridgehead atoms. The highest BCUT2D eigenvalue weighted by molar-refractivity contribution is 5.59. The third-order valence-electron chi connectivity index (χ3n) is 2.09. The zero-order valence-electron chi connectivity index (χ0n) is 10.5. The zero-order chi connectivity index (χ0) is 13.6. The standard InChI is InChI=1S/C6H14O2.2C3H4O2/c7-5-3-1-2-4-6-8;2*4-1-3-2-5-3/h7-8H,1-6H2;2*1,3H,2H2. The lowest BCUT2D eigenvalue weighted by atomic mass is 10.2. The highest BCUT2D eigenvalue weighted by atomic mass is 16.6. The number of hydrogen-bond acceptors (Lipinski definition) is 6. The van der Waals surface area contributed by atoms with Crippen molar-refractivity contribution in [2.24, 2.45) is 0 Å².